The van der Waals surface area contributed by atoms with Crippen LogP contribution in [0.3, 0.4) is 0 Å². The first-order valence-corrected chi connectivity index (χ1v) is 9.81. The number of hydrogen-bond donors (Lipinski definition) is 2. The minimum absolute atomic E-state index is 0.0697. The van der Waals surface area contributed by atoms with Crippen molar-refractivity contribution in [3.05, 3.63) is 82.4 Å². The lowest BCUT2D eigenvalue weighted by Gasteiger charge is -2.49. The van der Waals surface area contributed by atoms with E-state index in [9.17, 15) is 5.11 Å². The van der Waals surface area contributed by atoms with Crippen LogP contribution < -0.4 is 5.32 Å². The molecule has 2 nitrogen and oxygen atoms in total. The average Bonchev–Trinajstić information content (AvgIpc) is 2.63. The molecule has 138 valence electrons. The number of nitrogens with two attached hydrogens (primary N) is 1. The van der Waals surface area contributed by atoms with Crippen molar-refractivity contribution < 1.29 is 10.4 Å². The minimum atomic E-state index is -0.828. The lowest BCUT2D eigenvalue weighted by atomic mass is 9.65. The Bertz CT molecular complexity index is 699. The van der Waals surface area contributed by atoms with Crippen molar-refractivity contribution in [3.8, 4) is 0 Å². The molecule has 2 aromatic carbocycles. The normalized spacial score (nSPS) is 31.6. The lowest BCUT2D eigenvalue weighted by molar-refractivity contribution is -0.764. The van der Waals surface area contributed by atoms with Gasteiger partial charge in [0.1, 0.15) is 12.1 Å². The first-order chi connectivity index (χ1) is 12.4. The Morgan fingerprint density at radius 2 is 1.31 bits per heavy atom. The molecule has 0 aliphatic carbocycles. The molecule has 26 heavy (non-hydrogen) atoms. The second kappa shape index (κ2) is 7.74. The van der Waals surface area contributed by atoms with E-state index in [1.54, 1.807) is 0 Å². The molecule has 1 saturated heterocycles. The first kappa shape index (κ1) is 19.4. The number of rotatable bonds is 4. The van der Waals surface area contributed by atoms with Gasteiger partial charge in [0.2, 0.25) is 0 Å². The zero-order valence-corrected chi connectivity index (χ0v) is 16.7. The zero-order valence-electron chi connectivity index (χ0n) is 15.2. The van der Waals surface area contributed by atoms with Gasteiger partial charge in [0.15, 0.2) is 0 Å². The van der Waals surface area contributed by atoms with Crippen LogP contribution in [0.4, 0.5) is 0 Å². The molecule has 0 spiro atoms. The predicted molar refractivity (Wildman–Crippen MR) is 108 cm³/mol. The third kappa shape index (κ3) is 3.57. The van der Waals surface area contributed by atoms with Crippen LogP contribution in [-0.2, 0) is 0 Å². The maximum Gasteiger partial charge on any atom is 0.117 e. The average molecular weight is 391 g/mol. The molecule has 1 aliphatic rings. The maximum absolute atomic E-state index is 11.6. The van der Waals surface area contributed by atoms with Crippen molar-refractivity contribution >= 4 is 23.2 Å². The quantitative estimate of drug-likeness (QED) is 0.713. The molecule has 0 unspecified atom stereocenters. The Morgan fingerprint density at radius 3 is 1.65 bits per heavy atom. The highest BCUT2D eigenvalue weighted by Gasteiger charge is 2.53. The van der Waals surface area contributed by atoms with Crippen molar-refractivity contribution in [3.63, 3.8) is 0 Å². The van der Waals surface area contributed by atoms with Crippen LogP contribution >= 0.6 is 23.2 Å². The summed E-state index contributed by atoms with van der Waals surface area (Å²) in [7, 11) is 0. The van der Waals surface area contributed by atoms with Crippen LogP contribution in [0, 0.1) is 11.8 Å². The molecule has 2 aromatic rings. The fraction of sp³-hybridized carbons (Fsp3) is 0.364. The number of hydrogen-bond acceptors (Lipinski definition) is 1. The van der Waals surface area contributed by atoms with Crippen molar-refractivity contribution in [2.75, 3.05) is 0 Å². The van der Waals surface area contributed by atoms with Gasteiger partial charge in [-0.2, -0.15) is 0 Å². The lowest BCUT2D eigenvalue weighted by Crippen LogP contribution is -2.93. The molecule has 0 aromatic heterocycles. The number of halogens is 2. The summed E-state index contributed by atoms with van der Waals surface area (Å²) in [4.78, 5) is 0. The number of quaternary nitrogens is 1. The second-order valence-electron chi connectivity index (χ2n) is 7.41. The van der Waals surface area contributed by atoms with Gasteiger partial charge < -0.3 is 10.4 Å². The van der Waals surface area contributed by atoms with E-state index < -0.39 is 5.60 Å². The van der Waals surface area contributed by atoms with E-state index in [1.165, 1.54) is 11.1 Å². The van der Waals surface area contributed by atoms with E-state index in [4.69, 9.17) is 23.2 Å². The molecule has 0 radical (unpaired) electrons. The van der Waals surface area contributed by atoms with Gasteiger partial charge in [-0.1, -0.05) is 67.4 Å². The van der Waals surface area contributed by atoms with Crippen molar-refractivity contribution in [1.82, 2.24) is 0 Å². The molecule has 3 N–H and O–H groups in total. The Balaban J connectivity index is 2.03. The van der Waals surface area contributed by atoms with Gasteiger partial charge in [-0.15, -0.1) is 6.58 Å². The molecule has 4 heteroatoms. The molecule has 4 atom stereocenters. The highest BCUT2D eigenvalue weighted by atomic mass is 35.5. The van der Waals surface area contributed by atoms with Gasteiger partial charge >= 0.3 is 0 Å². The summed E-state index contributed by atoms with van der Waals surface area (Å²) in [5.74, 6) is 0.139. The van der Waals surface area contributed by atoms with E-state index in [2.05, 4.69) is 50.0 Å². The molecule has 1 fully saturated rings. The van der Waals surface area contributed by atoms with Crippen LogP contribution in [0.25, 0.3) is 0 Å². The molecule has 3 rings (SSSR count). The number of aliphatic hydroxyl groups is 1. The van der Waals surface area contributed by atoms with E-state index >= 15 is 0 Å². The molecule has 0 amide bonds. The standard InChI is InChI=1S/C22H25Cl2NO/c1-4-13-22(26)14(2)20(16-5-9-18(23)10-6-16)25-21(15(22)3)17-7-11-19(24)12-8-17/h4-12,14-15,20-21,25-26H,1,13H2,2-3H3/p+1/t14-,15-,20-,21-/m0/s1. The van der Waals surface area contributed by atoms with Crippen LogP contribution in [0.1, 0.15) is 43.5 Å². The van der Waals surface area contributed by atoms with Crippen LogP contribution in [0.15, 0.2) is 61.2 Å². The Labute approximate surface area is 165 Å². The van der Waals surface area contributed by atoms with Crippen molar-refractivity contribution in [2.45, 2.75) is 38.0 Å². The molecular formula is C22H26Cl2NO+. The van der Waals surface area contributed by atoms with Gasteiger partial charge in [-0.25, -0.2) is 0 Å². The minimum Gasteiger partial charge on any atom is -0.388 e. The van der Waals surface area contributed by atoms with E-state index in [1.807, 2.05) is 30.3 Å². The van der Waals surface area contributed by atoms with Crippen LogP contribution in [-0.4, -0.2) is 10.7 Å². The molecular weight excluding hydrogens is 365 g/mol. The summed E-state index contributed by atoms with van der Waals surface area (Å²) in [6.45, 7) is 8.15. The third-order valence-electron chi connectivity index (χ3n) is 6.05. The fourth-order valence-electron chi connectivity index (χ4n) is 4.37. The smallest absolute Gasteiger partial charge is 0.117 e. The Kier molecular flexibility index (Phi) is 5.78. The maximum atomic E-state index is 11.6. The van der Waals surface area contributed by atoms with E-state index in [-0.39, 0.29) is 23.9 Å². The highest BCUT2D eigenvalue weighted by molar-refractivity contribution is 6.30. The van der Waals surface area contributed by atoms with Gasteiger partial charge in [0.05, 0.1) is 5.60 Å². The first-order valence-electron chi connectivity index (χ1n) is 9.06. The summed E-state index contributed by atoms with van der Waals surface area (Å²) in [5.41, 5.74) is 1.52. The van der Waals surface area contributed by atoms with Gasteiger partial charge in [-0.3, -0.25) is 0 Å². The van der Waals surface area contributed by atoms with E-state index in [0.717, 1.165) is 10.0 Å². The van der Waals surface area contributed by atoms with Crippen LogP contribution in [0.5, 0.6) is 0 Å². The summed E-state index contributed by atoms with van der Waals surface area (Å²) in [5, 5.41) is 15.5. The predicted octanol–water partition coefficient (Wildman–Crippen LogP) is 4.93. The SMILES string of the molecule is C=CCC1(O)[C@@H](C)[C@@H](c2ccc(Cl)cc2)[NH2+][C@H](c2ccc(Cl)cc2)[C@@H]1C. The largest absolute Gasteiger partial charge is 0.388 e. The summed E-state index contributed by atoms with van der Waals surface area (Å²) >= 11 is 12.1. The monoisotopic (exact) mass is 390 g/mol. The highest BCUT2D eigenvalue weighted by Crippen LogP contribution is 2.44. The van der Waals surface area contributed by atoms with Gasteiger partial charge in [0.25, 0.3) is 0 Å². The van der Waals surface area contributed by atoms with Gasteiger partial charge in [0, 0.05) is 33.0 Å². The van der Waals surface area contributed by atoms with Crippen molar-refractivity contribution in [1.29, 1.82) is 0 Å². The Morgan fingerprint density at radius 1 is 0.923 bits per heavy atom. The van der Waals surface area contributed by atoms with Crippen LogP contribution in [0.2, 0.25) is 10.0 Å². The molecule has 0 saturated carbocycles. The zero-order chi connectivity index (χ0) is 18.9. The molecule has 1 heterocycles. The Hall–Kier alpha value is -1.32. The molecule has 0 bridgehead atoms. The van der Waals surface area contributed by atoms with Gasteiger partial charge in [-0.05, 0) is 30.7 Å². The number of benzene rings is 2. The fourth-order valence-corrected chi connectivity index (χ4v) is 4.62. The molecule has 1 aliphatic heterocycles. The topological polar surface area (TPSA) is 36.8 Å². The third-order valence-corrected chi connectivity index (χ3v) is 6.55. The second-order valence-corrected chi connectivity index (χ2v) is 8.28. The summed E-state index contributed by atoms with van der Waals surface area (Å²) in [6, 6.07) is 16.2. The van der Waals surface area contributed by atoms with Crippen molar-refractivity contribution in [2.24, 2.45) is 11.8 Å². The number of piperidine rings is 1. The summed E-state index contributed by atoms with van der Waals surface area (Å²) in [6.07, 6.45) is 2.40. The van der Waals surface area contributed by atoms with E-state index in [0.29, 0.717) is 6.42 Å². The summed E-state index contributed by atoms with van der Waals surface area (Å²) < 4.78 is 0.